The lowest BCUT2D eigenvalue weighted by atomic mass is 9.86. The summed E-state index contributed by atoms with van der Waals surface area (Å²) < 4.78 is 5.57. The molecule has 1 unspecified atom stereocenters. The van der Waals surface area contributed by atoms with Crippen LogP contribution in [0.4, 0.5) is 0 Å². The van der Waals surface area contributed by atoms with Crippen molar-refractivity contribution in [1.82, 2.24) is 4.90 Å². The zero-order valence-electron chi connectivity index (χ0n) is 10.4. The number of methoxy groups -OCH3 is 1. The van der Waals surface area contributed by atoms with Gasteiger partial charge in [-0.3, -0.25) is 4.79 Å². The maximum atomic E-state index is 10.8. The van der Waals surface area contributed by atoms with Crippen molar-refractivity contribution in [2.75, 3.05) is 27.2 Å². The molecule has 3 heteroatoms. The summed E-state index contributed by atoms with van der Waals surface area (Å²) >= 11 is 0. The van der Waals surface area contributed by atoms with Crippen molar-refractivity contribution in [2.45, 2.75) is 18.4 Å². The van der Waals surface area contributed by atoms with Gasteiger partial charge in [0.15, 0.2) is 0 Å². The van der Waals surface area contributed by atoms with Crippen LogP contribution in [0.15, 0.2) is 24.3 Å². The molecule has 17 heavy (non-hydrogen) atoms. The molecule has 0 aromatic heterocycles. The van der Waals surface area contributed by atoms with Gasteiger partial charge in [0, 0.05) is 25.1 Å². The van der Waals surface area contributed by atoms with Crippen LogP contribution >= 0.6 is 0 Å². The van der Waals surface area contributed by atoms with Gasteiger partial charge in [-0.25, -0.2) is 0 Å². The summed E-state index contributed by atoms with van der Waals surface area (Å²) in [4.78, 5) is 13.1. The summed E-state index contributed by atoms with van der Waals surface area (Å²) in [5, 5.41) is 0. The zero-order chi connectivity index (χ0) is 12.3. The molecule has 1 heterocycles. The lowest BCUT2D eigenvalue weighted by Crippen LogP contribution is -2.41. The van der Waals surface area contributed by atoms with Gasteiger partial charge < -0.3 is 9.64 Å². The van der Waals surface area contributed by atoms with E-state index in [4.69, 9.17) is 4.74 Å². The minimum absolute atomic E-state index is 0.218. The van der Waals surface area contributed by atoms with Crippen molar-refractivity contribution in [2.24, 2.45) is 0 Å². The Hall–Kier alpha value is -1.19. The van der Waals surface area contributed by atoms with Gasteiger partial charge in [0.25, 0.3) is 0 Å². The molecule has 1 aliphatic rings. The summed E-state index contributed by atoms with van der Waals surface area (Å²) in [5.41, 5.74) is 1.96. The minimum Gasteiger partial charge on any atom is -0.379 e. The van der Waals surface area contributed by atoms with Crippen LogP contribution in [-0.4, -0.2) is 44.5 Å². The van der Waals surface area contributed by atoms with E-state index in [9.17, 15) is 4.79 Å². The molecule has 0 amide bonds. The molecular formula is C14H19NO2. The van der Waals surface area contributed by atoms with Gasteiger partial charge in [0.05, 0.1) is 6.10 Å². The second-order valence-corrected chi connectivity index (χ2v) is 4.72. The number of hydrogen-bond donors (Lipinski definition) is 0. The first kappa shape index (κ1) is 12.3. The fourth-order valence-corrected chi connectivity index (χ4v) is 2.55. The number of likely N-dealkylation sites (N-methyl/N-ethyl adjacent to an activating group) is 1. The Balaban J connectivity index is 2.21. The molecule has 1 aliphatic heterocycles. The van der Waals surface area contributed by atoms with Crippen molar-refractivity contribution in [3.63, 3.8) is 0 Å². The van der Waals surface area contributed by atoms with Crippen molar-refractivity contribution < 1.29 is 9.53 Å². The normalized spacial score (nSPS) is 25.8. The Kier molecular flexibility index (Phi) is 3.92. The number of carbonyl (C=O) groups is 1. The highest BCUT2D eigenvalue weighted by molar-refractivity contribution is 5.75. The van der Waals surface area contributed by atoms with Crippen LogP contribution in [-0.2, 0) is 4.74 Å². The molecule has 92 valence electrons. The lowest BCUT2D eigenvalue weighted by molar-refractivity contribution is 0.0233. The molecule has 1 aromatic rings. The summed E-state index contributed by atoms with van der Waals surface area (Å²) in [6.45, 7) is 2.03. The molecule has 0 saturated carbocycles. The number of rotatable bonds is 3. The van der Waals surface area contributed by atoms with Crippen LogP contribution in [0, 0.1) is 0 Å². The van der Waals surface area contributed by atoms with Crippen LogP contribution in [0.5, 0.6) is 0 Å². The third-order valence-corrected chi connectivity index (χ3v) is 3.54. The van der Waals surface area contributed by atoms with E-state index >= 15 is 0 Å². The third-order valence-electron chi connectivity index (χ3n) is 3.54. The van der Waals surface area contributed by atoms with Crippen molar-refractivity contribution >= 4 is 6.29 Å². The fourth-order valence-electron chi connectivity index (χ4n) is 2.55. The molecule has 2 atom stereocenters. The highest BCUT2D eigenvalue weighted by Gasteiger charge is 2.28. The number of hydrogen-bond acceptors (Lipinski definition) is 3. The second-order valence-electron chi connectivity index (χ2n) is 4.72. The van der Waals surface area contributed by atoms with Gasteiger partial charge in [-0.1, -0.05) is 18.2 Å². The largest absolute Gasteiger partial charge is 0.379 e. The monoisotopic (exact) mass is 233 g/mol. The Morgan fingerprint density at radius 3 is 3.00 bits per heavy atom. The molecule has 3 nitrogen and oxygen atoms in total. The Labute approximate surface area is 102 Å². The number of ether oxygens (including phenoxy) is 1. The number of likely N-dealkylation sites (tertiary alicyclic amines) is 1. The molecular weight excluding hydrogens is 214 g/mol. The number of carbonyl (C=O) groups excluding carboxylic acids is 1. The first-order chi connectivity index (χ1) is 8.24. The quantitative estimate of drug-likeness (QED) is 0.747. The van der Waals surface area contributed by atoms with E-state index < -0.39 is 0 Å². The lowest BCUT2D eigenvalue weighted by Gasteiger charge is -2.36. The molecule has 0 spiro atoms. The van der Waals surface area contributed by atoms with Crippen LogP contribution in [0.25, 0.3) is 0 Å². The smallest absolute Gasteiger partial charge is 0.150 e. The van der Waals surface area contributed by atoms with Gasteiger partial charge in [-0.2, -0.15) is 0 Å². The Morgan fingerprint density at radius 2 is 2.29 bits per heavy atom. The van der Waals surface area contributed by atoms with Crippen molar-refractivity contribution in [3.8, 4) is 0 Å². The van der Waals surface area contributed by atoms with E-state index in [2.05, 4.69) is 18.0 Å². The van der Waals surface area contributed by atoms with Crippen LogP contribution in [0.3, 0.4) is 0 Å². The van der Waals surface area contributed by atoms with Gasteiger partial charge in [0.1, 0.15) is 6.29 Å². The maximum Gasteiger partial charge on any atom is 0.150 e. The summed E-state index contributed by atoms with van der Waals surface area (Å²) in [6.07, 6.45) is 2.20. The van der Waals surface area contributed by atoms with E-state index in [-0.39, 0.29) is 6.10 Å². The van der Waals surface area contributed by atoms with Gasteiger partial charge >= 0.3 is 0 Å². The highest BCUT2D eigenvalue weighted by atomic mass is 16.5. The first-order valence-electron chi connectivity index (χ1n) is 6.01. The second kappa shape index (κ2) is 5.43. The average molecular weight is 233 g/mol. The number of piperidine rings is 1. The first-order valence-corrected chi connectivity index (χ1v) is 6.01. The predicted octanol–water partition coefficient (Wildman–Crippen LogP) is 1.93. The van der Waals surface area contributed by atoms with E-state index in [0.29, 0.717) is 5.92 Å². The SMILES string of the molecule is COC1CN(C)CC[C@@H]1c1cccc(C=O)c1. The standard InChI is InChI=1S/C14H19NO2/c1-15-7-6-13(14(9-15)17-2)12-5-3-4-11(8-12)10-16/h3-5,8,10,13-14H,6-7,9H2,1-2H3/t13-,14?/m1/s1. The van der Waals surface area contributed by atoms with Crippen molar-refractivity contribution in [3.05, 3.63) is 35.4 Å². The fraction of sp³-hybridized carbons (Fsp3) is 0.500. The third kappa shape index (κ3) is 2.73. The average Bonchev–Trinajstić information content (AvgIpc) is 2.38. The van der Waals surface area contributed by atoms with Gasteiger partial charge in [-0.05, 0) is 31.6 Å². The molecule has 0 N–H and O–H groups in total. The number of nitrogens with zero attached hydrogens (tertiary/aromatic N) is 1. The molecule has 0 aliphatic carbocycles. The zero-order valence-corrected chi connectivity index (χ0v) is 10.4. The van der Waals surface area contributed by atoms with E-state index in [0.717, 1.165) is 31.4 Å². The van der Waals surface area contributed by atoms with Gasteiger partial charge in [-0.15, -0.1) is 0 Å². The summed E-state index contributed by atoms with van der Waals surface area (Å²) in [5.74, 6) is 0.399. The van der Waals surface area contributed by atoms with Crippen molar-refractivity contribution in [1.29, 1.82) is 0 Å². The van der Waals surface area contributed by atoms with E-state index in [1.165, 1.54) is 5.56 Å². The summed E-state index contributed by atoms with van der Waals surface area (Å²) in [7, 11) is 3.88. The number of benzene rings is 1. The molecule has 1 fully saturated rings. The Morgan fingerprint density at radius 1 is 1.47 bits per heavy atom. The predicted molar refractivity (Wildman–Crippen MR) is 67.5 cm³/mol. The molecule has 1 aromatic carbocycles. The molecule has 0 bridgehead atoms. The molecule has 0 radical (unpaired) electrons. The molecule has 2 rings (SSSR count). The molecule has 1 saturated heterocycles. The van der Waals surface area contributed by atoms with Gasteiger partial charge in [0.2, 0.25) is 0 Å². The number of aldehydes is 1. The Bertz CT molecular complexity index is 392. The maximum absolute atomic E-state index is 10.8. The van der Waals surface area contributed by atoms with Crippen LogP contribution in [0.2, 0.25) is 0 Å². The van der Waals surface area contributed by atoms with Crippen LogP contribution < -0.4 is 0 Å². The minimum atomic E-state index is 0.218. The van der Waals surface area contributed by atoms with Crippen LogP contribution in [0.1, 0.15) is 28.3 Å². The summed E-state index contributed by atoms with van der Waals surface area (Å²) in [6, 6.07) is 7.86. The van der Waals surface area contributed by atoms with E-state index in [1.807, 2.05) is 18.2 Å². The topological polar surface area (TPSA) is 29.5 Å². The highest BCUT2D eigenvalue weighted by Crippen LogP contribution is 2.29. The van der Waals surface area contributed by atoms with E-state index in [1.54, 1.807) is 7.11 Å².